The Morgan fingerprint density at radius 1 is 1.21 bits per heavy atom. The van der Waals surface area contributed by atoms with E-state index in [1.807, 2.05) is 0 Å². The van der Waals surface area contributed by atoms with Gasteiger partial charge in [-0.1, -0.05) is 0 Å². The number of rotatable bonds is 7. The quantitative estimate of drug-likeness (QED) is 0.261. The van der Waals surface area contributed by atoms with Crippen molar-refractivity contribution in [2.45, 2.75) is 24.9 Å². The summed E-state index contributed by atoms with van der Waals surface area (Å²) in [5, 5.41) is 13.6. The van der Waals surface area contributed by atoms with Crippen LogP contribution in [0, 0.1) is 10.1 Å². The summed E-state index contributed by atoms with van der Waals surface area (Å²) < 4.78 is 64.6. The van der Waals surface area contributed by atoms with E-state index in [2.05, 4.69) is 25.3 Å². The van der Waals surface area contributed by atoms with Gasteiger partial charge < -0.3 is 10.3 Å². The molecule has 29 heavy (non-hydrogen) atoms. The Kier molecular flexibility index (Phi) is 5.31. The van der Waals surface area contributed by atoms with E-state index in [1.54, 1.807) is 18.3 Å². The molecule has 0 spiro atoms. The lowest BCUT2D eigenvalue weighted by Crippen LogP contribution is -2.34. The van der Waals surface area contributed by atoms with Gasteiger partial charge >= 0.3 is 17.8 Å². The molecule has 0 unspecified atom stereocenters. The summed E-state index contributed by atoms with van der Waals surface area (Å²) in [5.74, 6) is -4.64. The number of halogens is 5. The Bertz CT molecular complexity index is 1000. The smallest absolute Gasteiger partial charge is 0.379 e. The van der Waals surface area contributed by atoms with Gasteiger partial charge in [0.25, 0.3) is 0 Å². The second kappa shape index (κ2) is 7.56. The molecular weight excluding hydrogens is 403 g/mol. The van der Waals surface area contributed by atoms with Crippen LogP contribution in [0.5, 0.6) is 0 Å². The van der Waals surface area contributed by atoms with Crippen LogP contribution in [0.15, 0.2) is 30.6 Å². The van der Waals surface area contributed by atoms with Crippen LogP contribution in [0.2, 0.25) is 0 Å². The van der Waals surface area contributed by atoms with Crippen LogP contribution in [0.4, 0.5) is 33.3 Å². The molecule has 2 N–H and O–H groups in total. The number of nitrogens with one attached hydrogen (secondary N) is 2. The first kappa shape index (κ1) is 20.4. The number of aromatic nitrogens is 4. The van der Waals surface area contributed by atoms with Gasteiger partial charge in [-0.25, -0.2) is 15.0 Å². The third-order valence-corrected chi connectivity index (χ3v) is 3.97. The average molecular weight is 416 g/mol. The van der Waals surface area contributed by atoms with Crippen molar-refractivity contribution in [2.75, 3.05) is 11.9 Å². The lowest BCUT2D eigenvalue weighted by molar-refractivity contribution is -0.384. The molecule has 0 aromatic carbocycles. The number of aryl methyl sites for hydroxylation is 1. The van der Waals surface area contributed by atoms with Gasteiger partial charge in [0.05, 0.1) is 10.4 Å². The third-order valence-electron chi connectivity index (χ3n) is 3.97. The van der Waals surface area contributed by atoms with Gasteiger partial charge in [0.15, 0.2) is 5.65 Å². The first-order valence-corrected chi connectivity index (χ1v) is 8.22. The Labute approximate surface area is 159 Å². The summed E-state index contributed by atoms with van der Waals surface area (Å²) in [6.45, 7) is 0.0619. The minimum atomic E-state index is -5.87. The minimum Gasteiger partial charge on any atom is -0.379 e. The van der Waals surface area contributed by atoms with E-state index in [1.165, 1.54) is 0 Å². The number of nitrogens with zero attached hydrogens (tertiary/aromatic N) is 4. The zero-order valence-corrected chi connectivity index (χ0v) is 14.5. The van der Waals surface area contributed by atoms with E-state index in [0.29, 0.717) is 36.6 Å². The van der Waals surface area contributed by atoms with Crippen LogP contribution < -0.4 is 5.32 Å². The Morgan fingerprint density at radius 2 is 1.97 bits per heavy atom. The fraction of sp³-hybridized carbons (Fsp3) is 0.312. The Hall–Kier alpha value is -3.38. The largest absolute Gasteiger partial charge is 0.459 e. The molecule has 0 aliphatic carbocycles. The number of anilines is 1. The standard InChI is InChI=1S/C16H13F5N6O2/c17-15(18,16(19,20)21)12-7-10(11(8-24-12)27(28)29)22-5-2-4-13-25-9-3-1-6-23-14(9)26-13/h1,3,6-8H,2,4-5H2,(H,22,24)(H,23,25,26). The van der Waals surface area contributed by atoms with Crippen LogP contribution in [-0.4, -0.2) is 37.6 Å². The zero-order chi connectivity index (χ0) is 21.2. The fourth-order valence-electron chi connectivity index (χ4n) is 2.54. The van der Waals surface area contributed by atoms with Gasteiger partial charge in [-0.3, -0.25) is 10.1 Å². The summed E-state index contributed by atoms with van der Waals surface area (Å²) in [7, 11) is 0. The molecule has 0 amide bonds. The van der Waals surface area contributed by atoms with Gasteiger partial charge in [0.1, 0.15) is 23.4 Å². The van der Waals surface area contributed by atoms with Crippen LogP contribution in [0.3, 0.4) is 0 Å². The highest BCUT2D eigenvalue weighted by Gasteiger charge is 2.60. The van der Waals surface area contributed by atoms with E-state index < -0.39 is 34.1 Å². The van der Waals surface area contributed by atoms with Crippen molar-refractivity contribution in [3.63, 3.8) is 0 Å². The van der Waals surface area contributed by atoms with Crippen molar-refractivity contribution in [1.29, 1.82) is 0 Å². The van der Waals surface area contributed by atoms with Crippen LogP contribution >= 0.6 is 0 Å². The molecular formula is C16H13F5N6O2. The van der Waals surface area contributed by atoms with Gasteiger partial charge in [0.2, 0.25) is 0 Å². The maximum Gasteiger partial charge on any atom is 0.459 e. The summed E-state index contributed by atoms with van der Waals surface area (Å²) >= 11 is 0. The normalized spacial score (nSPS) is 12.3. The van der Waals surface area contributed by atoms with E-state index in [4.69, 9.17) is 0 Å². The number of alkyl halides is 5. The molecule has 3 aromatic rings. The molecule has 8 nitrogen and oxygen atoms in total. The van der Waals surface area contributed by atoms with E-state index in [9.17, 15) is 32.1 Å². The van der Waals surface area contributed by atoms with Crippen molar-refractivity contribution in [1.82, 2.24) is 19.9 Å². The highest BCUT2D eigenvalue weighted by Crippen LogP contribution is 2.44. The number of nitro groups is 1. The van der Waals surface area contributed by atoms with E-state index in [-0.39, 0.29) is 6.54 Å². The highest BCUT2D eigenvalue weighted by molar-refractivity contribution is 5.69. The number of fused-ring (bicyclic) bond motifs is 1. The van der Waals surface area contributed by atoms with Crippen molar-refractivity contribution in [3.8, 4) is 0 Å². The number of imidazole rings is 1. The van der Waals surface area contributed by atoms with E-state index >= 15 is 0 Å². The van der Waals surface area contributed by atoms with E-state index in [0.717, 1.165) is 5.52 Å². The summed E-state index contributed by atoms with van der Waals surface area (Å²) in [6.07, 6.45) is -3.16. The summed E-state index contributed by atoms with van der Waals surface area (Å²) in [6, 6.07) is 3.85. The minimum absolute atomic E-state index is 0.0619. The molecule has 3 aromatic heterocycles. The molecule has 3 rings (SSSR count). The van der Waals surface area contributed by atoms with Gasteiger partial charge in [-0.2, -0.15) is 22.0 Å². The molecule has 0 aliphatic rings. The van der Waals surface area contributed by atoms with Crippen LogP contribution in [0.1, 0.15) is 17.9 Å². The van der Waals surface area contributed by atoms with Crippen molar-refractivity contribution < 1.29 is 26.9 Å². The second-order valence-electron chi connectivity index (χ2n) is 6.00. The van der Waals surface area contributed by atoms with Gasteiger partial charge in [0, 0.05) is 19.2 Å². The predicted molar refractivity (Wildman–Crippen MR) is 91.5 cm³/mol. The number of hydrogen-bond acceptors (Lipinski definition) is 6. The predicted octanol–water partition coefficient (Wildman–Crippen LogP) is 3.96. The average Bonchev–Trinajstić information content (AvgIpc) is 3.06. The topological polar surface area (TPSA) is 110 Å². The first-order valence-electron chi connectivity index (χ1n) is 8.22. The first-order chi connectivity index (χ1) is 13.6. The van der Waals surface area contributed by atoms with Crippen LogP contribution in [0.25, 0.3) is 11.2 Å². The molecule has 0 fully saturated rings. The Balaban J connectivity index is 1.71. The Morgan fingerprint density at radius 3 is 2.62 bits per heavy atom. The number of aromatic amines is 1. The molecule has 0 saturated carbocycles. The maximum absolute atomic E-state index is 13.5. The van der Waals surface area contributed by atoms with Crippen molar-refractivity contribution >= 4 is 22.5 Å². The second-order valence-corrected chi connectivity index (χ2v) is 6.00. The number of H-pyrrole nitrogens is 1. The third kappa shape index (κ3) is 4.22. The monoisotopic (exact) mass is 416 g/mol. The molecule has 0 bridgehead atoms. The number of pyridine rings is 2. The molecule has 154 valence electrons. The molecule has 3 heterocycles. The molecule has 0 aliphatic heterocycles. The zero-order valence-electron chi connectivity index (χ0n) is 14.5. The SMILES string of the molecule is O=[N+]([O-])c1cnc(C(F)(F)C(F)(F)F)cc1NCCCc1nc2ncccc2[nH]1. The van der Waals surface area contributed by atoms with Gasteiger partial charge in [-0.15, -0.1) is 0 Å². The molecule has 13 heteroatoms. The van der Waals surface area contributed by atoms with Crippen molar-refractivity contribution in [2.24, 2.45) is 0 Å². The molecule has 0 radical (unpaired) electrons. The summed E-state index contributed by atoms with van der Waals surface area (Å²) in [5.41, 5.74) is -1.57. The lowest BCUT2D eigenvalue weighted by Gasteiger charge is -2.19. The maximum atomic E-state index is 13.5. The van der Waals surface area contributed by atoms with Crippen molar-refractivity contribution in [3.05, 3.63) is 52.2 Å². The fourth-order valence-corrected chi connectivity index (χ4v) is 2.54. The highest BCUT2D eigenvalue weighted by atomic mass is 19.4. The molecule has 0 atom stereocenters. The van der Waals surface area contributed by atoms with Gasteiger partial charge in [-0.05, 0) is 24.6 Å². The molecule has 0 saturated heterocycles. The van der Waals surface area contributed by atoms with Crippen LogP contribution in [-0.2, 0) is 12.3 Å². The summed E-state index contributed by atoms with van der Waals surface area (Å²) in [4.78, 5) is 24.4. The number of hydrogen-bond donors (Lipinski definition) is 2. The lowest BCUT2D eigenvalue weighted by atomic mass is 10.1.